The zero-order valence-corrected chi connectivity index (χ0v) is 14.4. The highest BCUT2D eigenvalue weighted by molar-refractivity contribution is 9.11. The maximum Gasteiger partial charge on any atom is 0.0815 e. The van der Waals surface area contributed by atoms with Crippen molar-refractivity contribution in [3.63, 3.8) is 0 Å². The fourth-order valence-electron chi connectivity index (χ4n) is 1.81. The molecule has 0 aliphatic heterocycles. The summed E-state index contributed by atoms with van der Waals surface area (Å²) in [4.78, 5) is 0. The second-order valence-corrected chi connectivity index (χ2v) is 6.55. The van der Waals surface area contributed by atoms with Crippen LogP contribution in [0.5, 0.6) is 0 Å². The van der Waals surface area contributed by atoms with Crippen LogP contribution in [0.3, 0.4) is 0 Å². The van der Waals surface area contributed by atoms with Crippen LogP contribution in [0.15, 0.2) is 33.3 Å². The molecule has 1 aromatic heterocycles. The third kappa shape index (κ3) is 3.60. The smallest absolute Gasteiger partial charge is 0.0815 e. The van der Waals surface area contributed by atoms with E-state index in [1.807, 2.05) is 16.9 Å². The van der Waals surface area contributed by atoms with Crippen molar-refractivity contribution in [2.75, 3.05) is 5.32 Å². The lowest BCUT2D eigenvalue weighted by molar-refractivity contribution is 0.527. The van der Waals surface area contributed by atoms with Gasteiger partial charge in [-0.2, -0.15) is 5.10 Å². The molecule has 3 nitrogen and oxygen atoms in total. The van der Waals surface area contributed by atoms with Crippen LogP contribution in [0.25, 0.3) is 0 Å². The second-order valence-electron chi connectivity index (χ2n) is 4.84. The second kappa shape index (κ2) is 6.09. The minimum absolute atomic E-state index is 0.395. The number of halogens is 2. The van der Waals surface area contributed by atoms with Crippen molar-refractivity contribution in [1.82, 2.24) is 9.78 Å². The highest BCUT2D eigenvalue weighted by Gasteiger charge is 2.07. The summed E-state index contributed by atoms with van der Waals surface area (Å²) >= 11 is 7.16. The molecule has 0 atom stereocenters. The van der Waals surface area contributed by atoms with Gasteiger partial charge in [0, 0.05) is 21.2 Å². The van der Waals surface area contributed by atoms with Crippen molar-refractivity contribution in [3.05, 3.63) is 44.6 Å². The molecule has 0 aliphatic rings. The molecule has 102 valence electrons. The molecule has 0 radical (unpaired) electrons. The first kappa shape index (κ1) is 14.6. The summed E-state index contributed by atoms with van der Waals surface area (Å²) < 4.78 is 4.08. The van der Waals surface area contributed by atoms with Crippen LogP contribution < -0.4 is 5.32 Å². The van der Waals surface area contributed by atoms with Gasteiger partial charge in [-0.1, -0.05) is 0 Å². The molecule has 0 saturated carbocycles. The SMILES string of the molecule is Cc1cc(Br)c(NCc2ccn(C(C)C)n2)c(Br)c1. The zero-order chi connectivity index (χ0) is 14.0. The van der Waals surface area contributed by atoms with E-state index in [0.29, 0.717) is 12.6 Å². The van der Waals surface area contributed by atoms with Gasteiger partial charge in [0.1, 0.15) is 0 Å². The number of rotatable bonds is 4. The molecule has 0 aliphatic carbocycles. The molecule has 19 heavy (non-hydrogen) atoms. The van der Waals surface area contributed by atoms with Gasteiger partial charge >= 0.3 is 0 Å². The van der Waals surface area contributed by atoms with E-state index in [2.05, 4.69) is 75.2 Å². The van der Waals surface area contributed by atoms with E-state index >= 15 is 0 Å². The Hall–Kier alpha value is -0.810. The number of aryl methyl sites for hydroxylation is 1. The van der Waals surface area contributed by atoms with Crippen molar-refractivity contribution in [2.45, 2.75) is 33.4 Å². The van der Waals surface area contributed by atoms with Crippen molar-refractivity contribution < 1.29 is 0 Å². The lowest BCUT2D eigenvalue weighted by atomic mass is 10.2. The molecule has 1 aromatic carbocycles. The Labute approximate surface area is 130 Å². The minimum atomic E-state index is 0.395. The fourth-order valence-corrected chi connectivity index (χ4v) is 3.50. The van der Waals surface area contributed by atoms with Crippen LogP contribution in [-0.2, 0) is 6.54 Å². The molecule has 1 heterocycles. The number of hydrogen-bond acceptors (Lipinski definition) is 2. The topological polar surface area (TPSA) is 29.9 Å². The van der Waals surface area contributed by atoms with E-state index in [1.165, 1.54) is 5.56 Å². The van der Waals surface area contributed by atoms with E-state index < -0.39 is 0 Å². The predicted octanol–water partition coefficient (Wildman–Crippen LogP) is 4.91. The van der Waals surface area contributed by atoms with Crippen molar-refractivity contribution >= 4 is 37.5 Å². The Bertz CT molecular complexity index is 553. The van der Waals surface area contributed by atoms with E-state index in [-0.39, 0.29) is 0 Å². The summed E-state index contributed by atoms with van der Waals surface area (Å²) in [5.74, 6) is 0. The molecule has 0 amide bonds. The van der Waals surface area contributed by atoms with E-state index in [4.69, 9.17) is 0 Å². The molecule has 0 bridgehead atoms. The molecule has 0 unspecified atom stereocenters. The lowest BCUT2D eigenvalue weighted by Gasteiger charge is -2.11. The zero-order valence-electron chi connectivity index (χ0n) is 11.2. The van der Waals surface area contributed by atoms with Gasteiger partial charge in [-0.25, -0.2) is 0 Å². The number of aromatic nitrogens is 2. The van der Waals surface area contributed by atoms with Gasteiger partial charge in [-0.15, -0.1) is 0 Å². The minimum Gasteiger partial charge on any atom is -0.377 e. The first-order valence-corrected chi connectivity index (χ1v) is 7.79. The van der Waals surface area contributed by atoms with Crippen LogP contribution in [0.4, 0.5) is 5.69 Å². The first-order valence-electron chi connectivity index (χ1n) is 6.21. The average molecular weight is 387 g/mol. The highest BCUT2D eigenvalue weighted by Crippen LogP contribution is 2.32. The maximum absolute atomic E-state index is 4.53. The standard InChI is InChI=1S/C14H17Br2N3/c1-9(2)19-5-4-11(18-19)8-17-14-12(15)6-10(3)7-13(14)16/h4-7,9,17H,8H2,1-3H3. The summed E-state index contributed by atoms with van der Waals surface area (Å²) in [6.45, 7) is 7.03. The largest absolute Gasteiger partial charge is 0.377 e. The van der Waals surface area contributed by atoms with Crippen LogP contribution in [-0.4, -0.2) is 9.78 Å². The third-order valence-electron chi connectivity index (χ3n) is 2.83. The molecule has 0 fully saturated rings. The van der Waals surface area contributed by atoms with Gasteiger partial charge in [0.15, 0.2) is 0 Å². The quantitative estimate of drug-likeness (QED) is 0.808. The van der Waals surface area contributed by atoms with Crippen LogP contribution in [0.1, 0.15) is 31.1 Å². The maximum atomic E-state index is 4.53. The summed E-state index contributed by atoms with van der Waals surface area (Å²) in [5, 5.41) is 7.93. The molecule has 1 N–H and O–H groups in total. The summed E-state index contributed by atoms with van der Waals surface area (Å²) in [7, 11) is 0. The average Bonchev–Trinajstić information content (AvgIpc) is 2.76. The van der Waals surface area contributed by atoms with Crippen LogP contribution in [0.2, 0.25) is 0 Å². The van der Waals surface area contributed by atoms with Gasteiger partial charge in [0.05, 0.1) is 17.9 Å². The normalized spacial score (nSPS) is 11.1. The molecule has 0 saturated heterocycles. The van der Waals surface area contributed by atoms with Crippen molar-refractivity contribution in [2.24, 2.45) is 0 Å². The van der Waals surface area contributed by atoms with Crippen LogP contribution in [0, 0.1) is 6.92 Å². The summed E-state index contributed by atoms with van der Waals surface area (Å²) in [6.07, 6.45) is 2.01. The van der Waals surface area contributed by atoms with E-state index in [0.717, 1.165) is 20.3 Å². The van der Waals surface area contributed by atoms with E-state index in [9.17, 15) is 0 Å². The molecule has 2 aromatic rings. The molecule has 5 heteroatoms. The van der Waals surface area contributed by atoms with Crippen molar-refractivity contribution in [1.29, 1.82) is 0 Å². The number of benzene rings is 1. The Morgan fingerprint density at radius 1 is 1.26 bits per heavy atom. The number of nitrogens with one attached hydrogen (secondary N) is 1. The summed E-state index contributed by atoms with van der Waals surface area (Å²) in [5.41, 5.74) is 3.31. The Morgan fingerprint density at radius 3 is 2.42 bits per heavy atom. The van der Waals surface area contributed by atoms with Gasteiger partial charge < -0.3 is 5.32 Å². The highest BCUT2D eigenvalue weighted by atomic mass is 79.9. The Kier molecular flexibility index (Phi) is 4.68. The molecular weight excluding hydrogens is 370 g/mol. The first-order chi connectivity index (χ1) is 8.97. The third-order valence-corrected chi connectivity index (χ3v) is 4.08. The predicted molar refractivity (Wildman–Crippen MR) is 86.5 cm³/mol. The van der Waals surface area contributed by atoms with Crippen LogP contribution >= 0.6 is 31.9 Å². The fraction of sp³-hybridized carbons (Fsp3) is 0.357. The number of anilines is 1. The molecule has 0 spiro atoms. The van der Waals surface area contributed by atoms with Crippen molar-refractivity contribution in [3.8, 4) is 0 Å². The number of nitrogens with zero attached hydrogens (tertiary/aromatic N) is 2. The number of hydrogen-bond donors (Lipinski definition) is 1. The van der Waals surface area contributed by atoms with Gasteiger partial charge in [0.25, 0.3) is 0 Å². The van der Waals surface area contributed by atoms with Gasteiger partial charge in [-0.3, -0.25) is 4.68 Å². The summed E-state index contributed by atoms with van der Waals surface area (Å²) in [6, 6.07) is 6.63. The Balaban J connectivity index is 2.10. The van der Waals surface area contributed by atoms with Gasteiger partial charge in [0.2, 0.25) is 0 Å². The Morgan fingerprint density at radius 2 is 1.89 bits per heavy atom. The molecular formula is C14H17Br2N3. The van der Waals surface area contributed by atoms with E-state index in [1.54, 1.807) is 0 Å². The lowest BCUT2D eigenvalue weighted by Crippen LogP contribution is -2.05. The molecule has 2 rings (SSSR count). The van der Waals surface area contributed by atoms with Gasteiger partial charge in [-0.05, 0) is 76.4 Å². The monoisotopic (exact) mass is 385 g/mol.